The highest BCUT2D eigenvalue weighted by atomic mass is 19.3. The summed E-state index contributed by atoms with van der Waals surface area (Å²) in [6.45, 7) is -0.250. The molecule has 1 heterocycles. The maximum Gasteiger partial charge on any atom is 0.387 e. The van der Waals surface area contributed by atoms with E-state index >= 15 is 0 Å². The van der Waals surface area contributed by atoms with E-state index in [1.807, 2.05) is 55.3 Å². The molecule has 0 aromatic heterocycles. The lowest BCUT2D eigenvalue weighted by Gasteiger charge is -2.29. The lowest BCUT2D eigenvalue weighted by atomic mass is 9.82. The number of ether oxygens (including phenoxy) is 1. The smallest absolute Gasteiger partial charge is 0.387 e. The van der Waals surface area contributed by atoms with Gasteiger partial charge in [-0.15, -0.1) is 0 Å². The third kappa shape index (κ3) is 3.36. The number of hydrogen-bond acceptors (Lipinski definition) is 4. The van der Waals surface area contributed by atoms with Crippen molar-refractivity contribution in [3.8, 4) is 5.75 Å². The zero-order valence-electron chi connectivity index (χ0n) is 15.0. The fourth-order valence-corrected chi connectivity index (χ4v) is 3.45. The van der Waals surface area contributed by atoms with Gasteiger partial charge in [0, 0.05) is 7.05 Å². The molecule has 1 atom stereocenters. The van der Waals surface area contributed by atoms with E-state index in [4.69, 9.17) is 15.5 Å². The van der Waals surface area contributed by atoms with Crippen molar-refractivity contribution >= 4 is 5.96 Å². The van der Waals surface area contributed by atoms with E-state index in [2.05, 4.69) is 0 Å². The number of aliphatic imine (C=N–C) groups is 1. The summed E-state index contributed by atoms with van der Waals surface area (Å²) in [4.78, 5) is 6.66. The number of nitrogens with two attached hydrogens (primary N) is 1. The number of guanidine groups is 1. The van der Waals surface area contributed by atoms with Crippen LogP contribution in [-0.2, 0) is 12.0 Å². The molecular formula is C20H23F2N3O. The average molecular weight is 359 g/mol. The van der Waals surface area contributed by atoms with Gasteiger partial charge in [0.2, 0.25) is 0 Å². The molecule has 26 heavy (non-hydrogen) atoms. The molecule has 138 valence electrons. The molecule has 0 saturated carbocycles. The molecule has 0 fully saturated rings. The molecule has 2 aromatic rings. The van der Waals surface area contributed by atoms with E-state index < -0.39 is 12.2 Å². The molecule has 0 amide bonds. The number of halogens is 2. The molecule has 1 aliphatic heterocycles. The average Bonchev–Trinajstić information content (AvgIpc) is 2.93. The summed E-state index contributed by atoms with van der Waals surface area (Å²) in [5.41, 5.74) is 8.09. The van der Waals surface area contributed by atoms with Crippen LogP contribution >= 0.6 is 0 Å². The van der Waals surface area contributed by atoms with Crippen molar-refractivity contribution in [3.63, 3.8) is 0 Å². The number of hydrogen-bond donors (Lipinski definition) is 1. The predicted molar refractivity (Wildman–Crippen MR) is 98.5 cm³/mol. The van der Waals surface area contributed by atoms with Crippen LogP contribution in [-0.4, -0.2) is 31.1 Å². The largest absolute Gasteiger partial charge is 0.435 e. The number of nitrogens with zero attached hydrogens (tertiary/aromatic N) is 2. The highest BCUT2D eigenvalue weighted by molar-refractivity contribution is 5.81. The summed E-state index contributed by atoms with van der Waals surface area (Å²) >= 11 is 0. The van der Waals surface area contributed by atoms with Crippen LogP contribution < -0.4 is 10.5 Å². The highest BCUT2D eigenvalue weighted by Crippen LogP contribution is 2.40. The second-order valence-electron chi connectivity index (χ2n) is 6.50. The summed E-state index contributed by atoms with van der Waals surface area (Å²) in [6.07, 6.45) is 1.47. The molecular weight excluding hydrogens is 336 g/mol. The first-order valence-corrected chi connectivity index (χ1v) is 8.66. The minimum atomic E-state index is -2.84. The Labute approximate surface area is 152 Å². The Balaban J connectivity index is 2.12. The monoisotopic (exact) mass is 359 g/mol. The topological polar surface area (TPSA) is 50.8 Å². The van der Waals surface area contributed by atoms with Crippen LogP contribution in [0.25, 0.3) is 0 Å². The van der Waals surface area contributed by atoms with Gasteiger partial charge in [0.1, 0.15) is 11.3 Å². The minimum absolute atomic E-state index is 0.220. The molecule has 4 nitrogen and oxygen atoms in total. The van der Waals surface area contributed by atoms with Crippen molar-refractivity contribution in [2.45, 2.75) is 31.9 Å². The number of alkyl halides is 2. The summed E-state index contributed by atoms with van der Waals surface area (Å²) in [5.74, 6) is 0.677. The van der Waals surface area contributed by atoms with E-state index in [9.17, 15) is 8.78 Å². The Morgan fingerprint density at radius 2 is 1.92 bits per heavy atom. The van der Waals surface area contributed by atoms with E-state index in [1.165, 1.54) is 0 Å². The number of benzene rings is 2. The van der Waals surface area contributed by atoms with Crippen molar-refractivity contribution in [1.82, 2.24) is 4.90 Å². The standard InChI is InChI=1S/C20H23F2N3O/c1-3-7-14-12-16(10-11-17(14)26-18(21)22)20(13-25(2)19(23)24-20)15-8-5-4-6-9-15/h4-6,8-12,18H,3,7,13H2,1-2H3,(H2,23,24)/t20-/m1/s1. The normalized spacial score (nSPS) is 19.7. The molecule has 2 N–H and O–H groups in total. The first-order valence-electron chi connectivity index (χ1n) is 8.66. The van der Waals surface area contributed by atoms with E-state index in [0.717, 1.165) is 23.1 Å². The van der Waals surface area contributed by atoms with Crippen LogP contribution in [0.5, 0.6) is 5.75 Å². The Bertz CT molecular complexity index is 795. The highest BCUT2D eigenvalue weighted by Gasteiger charge is 2.41. The van der Waals surface area contributed by atoms with E-state index in [1.54, 1.807) is 12.1 Å². The fraction of sp³-hybridized carbons (Fsp3) is 0.350. The van der Waals surface area contributed by atoms with Crippen LogP contribution in [0.15, 0.2) is 53.5 Å². The molecule has 0 saturated heterocycles. The molecule has 0 radical (unpaired) electrons. The van der Waals surface area contributed by atoms with Crippen molar-refractivity contribution in [1.29, 1.82) is 0 Å². The Kier molecular flexibility index (Phi) is 5.11. The van der Waals surface area contributed by atoms with Gasteiger partial charge in [0.25, 0.3) is 0 Å². The maximum absolute atomic E-state index is 12.7. The van der Waals surface area contributed by atoms with Gasteiger partial charge in [-0.05, 0) is 35.2 Å². The van der Waals surface area contributed by atoms with Crippen LogP contribution in [0, 0.1) is 0 Å². The van der Waals surface area contributed by atoms with Crippen LogP contribution in [0.4, 0.5) is 8.78 Å². The lowest BCUT2D eigenvalue weighted by Crippen LogP contribution is -2.34. The fourth-order valence-electron chi connectivity index (χ4n) is 3.45. The van der Waals surface area contributed by atoms with Crippen molar-refractivity contribution in [2.75, 3.05) is 13.6 Å². The van der Waals surface area contributed by atoms with Gasteiger partial charge in [0.05, 0.1) is 6.54 Å². The van der Waals surface area contributed by atoms with Gasteiger partial charge in [-0.3, -0.25) is 0 Å². The maximum atomic E-state index is 12.7. The summed E-state index contributed by atoms with van der Waals surface area (Å²) in [6, 6.07) is 15.2. The van der Waals surface area contributed by atoms with Crippen molar-refractivity contribution < 1.29 is 13.5 Å². The van der Waals surface area contributed by atoms with Gasteiger partial charge in [-0.2, -0.15) is 8.78 Å². The summed E-state index contributed by atoms with van der Waals surface area (Å²) in [5, 5.41) is 0. The first kappa shape index (κ1) is 18.2. The first-order chi connectivity index (χ1) is 12.5. The molecule has 0 spiro atoms. The zero-order valence-corrected chi connectivity index (χ0v) is 15.0. The Morgan fingerprint density at radius 3 is 2.50 bits per heavy atom. The van der Waals surface area contributed by atoms with Crippen LogP contribution in [0.2, 0.25) is 0 Å². The molecule has 0 aliphatic carbocycles. The van der Waals surface area contributed by atoms with E-state index in [-0.39, 0.29) is 5.75 Å². The summed E-state index contributed by atoms with van der Waals surface area (Å²) < 4.78 is 30.1. The third-order valence-corrected chi connectivity index (χ3v) is 4.69. The number of rotatable bonds is 6. The van der Waals surface area contributed by atoms with Gasteiger partial charge in [-0.25, -0.2) is 4.99 Å². The predicted octanol–water partition coefficient (Wildman–Crippen LogP) is 3.74. The minimum Gasteiger partial charge on any atom is -0.435 e. The van der Waals surface area contributed by atoms with E-state index in [0.29, 0.717) is 18.9 Å². The van der Waals surface area contributed by atoms with Crippen LogP contribution in [0.1, 0.15) is 30.0 Å². The molecule has 0 bridgehead atoms. The second kappa shape index (κ2) is 7.32. The number of aryl methyl sites for hydroxylation is 1. The zero-order chi connectivity index (χ0) is 18.7. The molecule has 2 aromatic carbocycles. The second-order valence-corrected chi connectivity index (χ2v) is 6.50. The SMILES string of the molecule is CCCc1cc([C@]2(c3ccccc3)CN(C)C(N)=N2)ccc1OC(F)F. The van der Waals surface area contributed by atoms with Gasteiger partial charge in [0.15, 0.2) is 5.96 Å². The molecule has 0 unspecified atom stereocenters. The Hall–Kier alpha value is -2.63. The van der Waals surface area contributed by atoms with Gasteiger partial charge in [-0.1, -0.05) is 49.7 Å². The number of likely N-dealkylation sites (N-methyl/N-ethyl adjacent to an activating group) is 1. The molecule has 6 heteroatoms. The Morgan fingerprint density at radius 1 is 1.19 bits per heavy atom. The van der Waals surface area contributed by atoms with Gasteiger partial charge >= 0.3 is 6.61 Å². The van der Waals surface area contributed by atoms with Gasteiger partial charge < -0.3 is 15.4 Å². The molecule has 1 aliphatic rings. The van der Waals surface area contributed by atoms with Crippen molar-refractivity contribution in [3.05, 3.63) is 65.2 Å². The summed E-state index contributed by atoms with van der Waals surface area (Å²) in [7, 11) is 1.89. The van der Waals surface area contributed by atoms with Crippen molar-refractivity contribution in [2.24, 2.45) is 10.7 Å². The quantitative estimate of drug-likeness (QED) is 0.855. The lowest BCUT2D eigenvalue weighted by molar-refractivity contribution is -0.0504. The molecule has 3 rings (SSSR count). The third-order valence-electron chi connectivity index (χ3n) is 4.69. The van der Waals surface area contributed by atoms with Crippen LogP contribution in [0.3, 0.4) is 0 Å².